The molecule has 1 aliphatic rings. The van der Waals surface area contributed by atoms with E-state index in [1.807, 2.05) is 0 Å². The van der Waals surface area contributed by atoms with E-state index in [1.165, 1.54) is 0 Å². The zero-order valence-corrected chi connectivity index (χ0v) is 10.6. The first-order valence-electron chi connectivity index (χ1n) is 5.61. The minimum atomic E-state index is -1.71. The Hall–Kier alpha value is -1.31. The molecule has 8 heteroatoms. The van der Waals surface area contributed by atoms with Crippen molar-refractivity contribution >= 4 is 17.7 Å². The van der Waals surface area contributed by atoms with Crippen LogP contribution in [0.1, 0.15) is 12.8 Å². The molecule has 0 radical (unpaired) electrons. The number of likely N-dealkylation sites (tertiary alicyclic amines) is 1. The predicted molar refractivity (Wildman–Crippen MR) is 60.6 cm³/mol. The Bertz CT molecular complexity index is 480. The Morgan fingerprint density at radius 2 is 1.63 bits per heavy atom. The summed E-state index contributed by atoms with van der Waals surface area (Å²) in [4.78, 5) is 14.8. The fourth-order valence-corrected chi connectivity index (χ4v) is 2.66. The van der Waals surface area contributed by atoms with Gasteiger partial charge in [-0.2, -0.15) is 13.8 Å². The second kappa shape index (κ2) is 5.77. The van der Waals surface area contributed by atoms with Crippen LogP contribution in [0.3, 0.4) is 0 Å². The van der Waals surface area contributed by atoms with Crippen LogP contribution in [-0.4, -0.2) is 34.6 Å². The third-order valence-electron chi connectivity index (χ3n) is 2.76. The molecule has 104 valence electrons. The van der Waals surface area contributed by atoms with E-state index in [-0.39, 0.29) is 11.7 Å². The van der Waals surface area contributed by atoms with E-state index >= 15 is 0 Å². The lowest BCUT2D eigenvalue weighted by Crippen LogP contribution is -2.29. The summed E-state index contributed by atoms with van der Waals surface area (Å²) in [5.74, 6) is -7.14. The molecule has 2 rings (SSSR count). The summed E-state index contributed by atoms with van der Waals surface area (Å²) >= 11 is 0.436. The molecule has 0 atom stereocenters. The Morgan fingerprint density at radius 3 is 2.16 bits per heavy atom. The van der Waals surface area contributed by atoms with Gasteiger partial charge in [0.05, 0.1) is 10.6 Å². The normalized spacial score (nSPS) is 15.1. The van der Waals surface area contributed by atoms with Crippen molar-refractivity contribution in [2.24, 2.45) is 0 Å². The molecule has 0 spiro atoms. The van der Waals surface area contributed by atoms with Crippen molar-refractivity contribution in [1.29, 1.82) is 0 Å². The first-order chi connectivity index (χ1) is 9.00. The highest BCUT2D eigenvalue weighted by atomic mass is 32.2. The molecule has 0 N–H and O–H groups in total. The van der Waals surface area contributed by atoms with E-state index in [2.05, 4.69) is 4.98 Å². The van der Waals surface area contributed by atoms with Gasteiger partial charge in [-0.25, -0.2) is 8.78 Å². The Morgan fingerprint density at radius 1 is 1.11 bits per heavy atom. The van der Waals surface area contributed by atoms with Crippen molar-refractivity contribution in [1.82, 2.24) is 9.88 Å². The number of amides is 1. The number of rotatable bonds is 3. The maximum atomic E-state index is 13.3. The van der Waals surface area contributed by atoms with Crippen molar-refractivity contribution in [2.45, 2.75) is 17.7 Å². The lowest BCUT2D eigenvalue weighted by atomic mass is 10.4. The summed E-state index contributed by atoms with van der Waals surface area (Å²) < 4.78 is 52.2. The summed E-state index contributed by atoms with van der Waals surface area (Å²) in [6, 6.07) is 0. The molecule has 3 nitrogen and oxygen atoms in total. The van der Waals surface area contributed by atoms with Gasteiger partial charge < -0.3 is 4.90 Å². The van der Waals surface area contributed by atoms with Crippen LogP contribution in [0.4, 0.5) is 17.6 Å². The lowest BCUT2D eigenvalue weighted by Gasteiger charge is -2.14. The third kappa shape index (κ3) is 2.99. The largest absolute Gasteiger partial charge is 0.342 e. The summed E-state index contributed by atoms with van der Waals surface area (Å²) in [5, 5.41) is 0. The number of pyridine rings is 1. The summed E-state index contributed by atoms with van der Waals surface area (Å²) in [6.45, 7) is 1.20. The van der Waals surface area contributed by atoms with Crippen molar-refractivity contribution in [3.8, 4) is 0 Å². The average Bonchev–Trinajstić information content (AvgIpc) is 2.90. The molecule has 0 saturated carbocycles. The van der Waals surface area contributed by atoms with Crippen molar-refractivity contribution < 1.29 is 22.4 Å². The summed E-state index contributed by atoms with van der Waals surface area (Å²) in [5.41, 5.74) is 0. The van der Waals surface area contributed by atoms with E-state index < -0.39 is 28.4 Å². The minimum Gasteiger partial charge on any atom is -0.342 e. The fraction of sp³-hybridized carbons (Fsp3) is 0.455. The van der Waals surface area contributed by atoms with Crippen molar-refractivity contribution in [3.63, 3.8) is 0 Å². The summed E-state index contributed by atoms with van der Waals surface area (Å²) in [7, 11) is 0. The highest BCUT2D eigenvalue weighted by molar-refractivity contribution is 8.00. The number of carbonyl (C=O) groups excluding carboxylic acids is 1. The molecule has 2 heterocycles. The molecule has 1 aromatic heterocycles. The van der Waals surface area contributed by atoms with E-state index in [1.54, 1.807) is 4.90 Å². The Balaban J connectivity index is 2.09. The van der Waals surface area contributed by atoms with Gasteiger partial charge in [0, 0.05) is 13.1 Å². The van der Waals surface area contributed by atoms with Gasteiger partial charge in [0.25, 0.3) is 11.9 Å². The van der Waals surface area contributed by atoms with E-state index in [0.717, 1.165) is 12.8 Å². The van der Waals surface area contributed by atoms with Crippen LogP contribution in [0.2, 0.25) is 0 Å². The molecule has 1 saturated heterocycles. The number of carbonyl (C=O) groups is 1. The van der Waals surface area contributed by atoms with Crippen LogP contribution in [0.25, 0.3) is 0 Å². The quantitative estimate of drug-likeness (QED) is 0.487. The zero-order chi connectivity index (χ0) is 14.0. The van der Waals surface area contributed by atoms with Crippen LogP contribution in [0.15, 0.2) is 4.90 Å². The summed E-state index contributed by atoms with van der Waals surface area (Å²) in [6.07, 6.45) is 1.77. The molecule has 1 amide bonds. The highest BCUT2D eigenvalue weighted by Crippen LogP contribution is 2.27. The predicted octanol–water partition coefficient (Wildman–Crippen LogP) is 2.35. The maximum Gasteiger partial charge on any atom is 0.252 e. The van der Waals surface area contributed by atoms with Crippen LogP contribution in [0.5, 0.6) is 0 Å². The van der Waals surface area contributed by atoms with Gasteiger partial charge in [-0.3, -0.25) is 4.79 Å². The van der Waals surface area contributed by atoms with Crippen LogP contribution < -0.4 is 0 Å². The molecular formula is C11H10F4N2OS. The zero-order valence-electron chi connectivity index (χ0n) is 9.76. The molecule has 0 bridgehead atoms. The van der Waals surface area contributed by atoms with Crippen LogP contribution in [0, 0.1) is 23.5 Å². The fourth-order valence-electron chi connectivity index (χ4n) is 1.79. The van der Waals surface area contributed by atoms with Gasteiger partial charge >= 0.3 is 0 Å². The number of aromatic nitrogens is 1. The molecule has 0 unspecified atom stereocenters. The molecule has 1 aromatic rings. The first kappa shape index (κ1) is 14.1. The smallest absolute Gasteiger partial charge is 0.252 e. The van der Waals surface area contributed by atoms with Gasteiger partial charge in [0.1, 0.15) is 0 Å². The minimum absolute atomic E-state index is 0.267. The number of thioether (sulfide) groups is 1. The van der Waals surface area contributed by atoms with Gasteiger partial charge in [-0.05, 0) is 12.8 Å². The molecule has 19 heavy (non-hydrogen) atoms. The molecule has 0 aliphatic carbocycles. The number of hydrogen-bond acceptors (Lipinski definition) is 3. The Kier molecular flexibility index (Phi) is 4.28. The number of hydrogen-bond donors (Lipinski definition) is 0. The van der Waals surface area contributed by atoms with Crippen LogP contribution in [-0.2, 0) is 4.79 Å². The van der Waals surface area contributed by atoms with E-state index in [4.69, 9.17) is 0 Å². The van der Waals surface area contributed by atoms with Crippen LogP contribution >= 0.6 is 11.8 Å². The van der Waals surface area contributed by atoms with Crippen molar-refractivity contribution in [2.75, 3.05) is 18.8 Å². The average molecular weight is 294 g/mol. The van der Waals surface area contributed by atoms with Gasteiger partial charge in [0.15, 0.2) is 11.6 Å². The molecular weight excluding hydrogens is 284 g/mol. The Labute approximate surface area is 111 Å². The lowest BCUT2D eigenvalue weighted by molar-refractivity contribution is -0.127. The van der Waals surface area contributed by atoms with E-state index in [0.29, 0.717) is 24.9 Å². The number of nitrogens with zero attached hydrogens (tertiary/aromatic N) is 2. The maximum absolute atomic E-state index is 13.3. The monoisotopic (exact) mass is 294 g/mol. The molecule has 1 fully saturated rings. The second-order valence-electron chi connectivity index (χ2n) is 4.03. The molecule has 1 aliphatic heterocycles. The van der Waals surface area contributed by atoms with Gasteiger partial charge in [0.2, 0.25) is 5.91 Å². The SMILES string of the molecule is O=C(CSc1c(F)c(F)nc(F)c1F)N1CCCC1. The first-order valence-corrected chi connectivity index (χ1v) is 6.60. The van der Waals surface area contributed by atoms with E-state index in [9.17, 15) is 22.4 Å². The van der Waals surface area contributed by atoms with Gasteiger partial charge in [-0.1, -0.05) is 0 Å². The highest BCUT2D eigenvalue weighted by Gasteiger charge is 2.23. The van der Waals surface area contributed by atoms with Crippen molar-refractivity contribution in [3.05, 3.63) is 23.5 Å². The third-order valence-corrected chi connectivity index (χ3v) is 3.79. The topological polar surface area (TPSA) is 33.2 Å². The second-order valence-corrected chi connectivity index (χ2v) is 5.01. The molecule has 0 aromatic carbocycles. The standard InChI is InChI=1S/C11H10F4N2OS/c12-7-9(8(13)11(15)16-10(7)14)19-5-6(18)17-3-1-2-4-17/h1-5H2. The van der Waals surface area contributed by atoms with Gasteiger partial charge in [-0.15, -0.1) is 11.8 Å². The number of halogens is 4.